The standard InChI is InChI=1S/C24H20ClF2N3OS/c1-24(2,3)13-4-6-15(7-5-13)32-30-19-9-8-18(26)20(21(19)27)22(31)17-12-29-23-16(17)10-14(25)11-28-23/h4-12,30H,1-3H3,(H,28,29). The minimum atomic E-state index is -0.960. The molecule has 0 radical (unpaired) electrons. The number of anilines is 1. The maximum Gasteiger partial charge on any atom is 0.201 e. The van der Waals surface area contributed by atoms with Crippen molar-refractivity contribution in [1.82, 2.24) is 9.97 Å². The predicted octanol–water partition coefficient (Wildman–Crippen LogP) is 7.14. The Kier molecular flexibility index (Phi) is 5.97. The molecular weight excluding hydrogens is 452 g/mol. The molecule has 8 heteroatoms. The number of rotatable bonds is 5. The summed E-state index contributed by atoms with van der Waals surface area (Å²) in [5, 5.41) is 0.712. The highest BCUT2D eigenvalue weighted by molar-refractivity contribution is 8.00. The first-order valence-corrected chi connectivity index (χ1v) is 11.0. The van der Waals surface area contributed by atoms with Crippen molar-refractivity contribution in [3.8, 4) is 0 Å². The number of benzene rings is 2. The van der Waals surface area contributed by atoms with Crippen LogP contribution in [0.3, 0.4) is 0 Å². The van der Waals surface area contributed by atoms with Gasteiger partial charge in [-0.15, -0.1) is 0 Å². The van der Waals surface area contributed by atoms with Gasteiger partial charge in [0, 0.05) is 28.2 Å². The van der Waals surface area contributed by atoms with Gasteiger partial charge in [0.2, 0.25) is 5.78 Å². The number of hydrogen-bond donors (Lipinski definition) is 2. The van der Waals surface area contributed by atoms with E-state index in [9.17, 15) is 9.18 Å². The van der Waals surface area contributed by atoms with E-state index in [-0.39, 0.29) is 16.7 Å². The van der Waals surface area contributed by atoms with Gasteiger partial charge < -0.3 is 9.71 Å². The van der Waals surface area contributed by atoms with E-state index >= 15 is 4.39 Å². The Morgan fingerprint density at radius 3 is 2.53 bits per heavy atom. The Morgan fingerprint density at radius 1 is 1.12 bits per heavy atom. The lowest BCUT2D eigenvalue weighted by Gasteiger charge is -2.19. The second-order valence-electron chi connectivity index (χ2n) is 8.34. The summed E-state index contributed by atoms with van der Waals surface area (Å²) < 4.78 is 32.6. The summed E-state index contributed by atoms with van der Waals surface area (Å²) in [6.07, 6.45) is 2.80. The highest BCUT2D eigenvalue weighted by Gasteiger charge is 2.24. The topological polar surface area (TPSA) is 57.8 Å². The van der Waals surface area contributed by atoms with Crippen molar-refractivity contribution in [2.45, 2.75) is 31.1 Å². The van der Waals surface area contributed by atoms with Gasteiger partial charge in [-0.2, -0.15) is 0 Å². The number of aromatic nitrogens is 2. The molecule has 0 fully saturated rings. The molecule has 0 aliphatic carbocycles. The lowest BCUT2D eigenvalue weighted by molar-refractivity contribution is 0.103. The Hall–Kier alpha value is -2.90. The van der Waals surface area contributed by atoms with E-state index in [4.69, 9.17) is 11.6 Å². The third-order valence-corrected chi connectivity index (χ3v) is 6.10. The zero-order valence-electron chi connectivity index (χ0n) is 17.6. The van der Waals surface area contributed by atoms with Crippen molar-refractivity contribution < 1.29 is 13.6 Å². The van der Waals surface area contributed by atoms with Crippen molar-refractivity contribution in [3.05, 3.63) is 88.2 Å². The molecular formula is C24H20ClF2N3OS. The quantitative estimate of drug-likeness (QED) is 0.240. The molecule has 0 atom stereocenters. The number of pyridine rings is 1. The lowest BCUT2D eigenvalue weighted by atomic mass is 9.87. The van der Waals surface area contributed by atoms with Crippen LogP contribution >= 0.6 is 23.5 Å². The predicted molar refractivity (Wildman–Crippen MR) is 126 cm³/mol. The molecule has 4 aromatic rings. The number of aromatic amines is 1. The van der Waals surface area contributed by atoms with E-state index in [1.54, 1.807) is 0 Å². The number of fused-ring (bicyclic) bond motifs is 1. The Labute approximate surface area is 193 Å². The summed E-state index contributed by atoms with van der Waals surface area (Å²) in [7, 11) is 0. The smallest absolute Gasteiger partial charge is 0.201 e. The summed E-state index contributed by atoms with van der Waals surface area (Å²) >= 11 is 7.15. The van der Waals surface area contributed by atoms with Crippen molar-refractivity contribution in [3.63, 3.8) is 0 Å². The van der Waals surface area contributed by atoms with Gasteiger partial charge in [-0.05, 0) is 53.3 Å². The summed E-state index contributed by atoms with van der Waals surface area (Å²) in [6.45, 7) is 6.37. The third kappa shape index (κ3) is 4.36. The maximum absolute atomic E-state index is 15.2. The molecule has 0 saturated carbocycles. The molecule has 2 heterocycles. The van der Waals surface area contributed by atoms with Gasteiger partial charge in [-0.25, -0.2) is 13.8 Å². The number of nitrogens with one attached hydrogen (secondary N) is 2. The largest absolute Gasteiger partial charge is 0.345 e. The van der Waals surface area contributed by atoms with E-state index in [0.29, 0.717) is 16.1 Å². The molecule has 4 rings (SSSR count). The molecule has 2 aromatic heterocycles. The number of halogens is 3. The first-order valence-electron chi connectivity index (χ1n) is 9.84. The highest BCUT2D eigenvalue weighted by Crippen LogP contribution is 2.31. The summed E-state index contributed by atoms with van der Waals surface area (Å²) in [5.41, 5.74) is 1.07. The van der Waals surface area contributed by atoms with Crippen LogP contribution < -0.4 is 4.72 Å². The molecule has 2 aromatic carbocycles. The maximum atomic E-state index is 15.2. The van der Waals surface area contributed by atoms with E-state index in [0.717, 1.165) is 11.0 Å². The van der Waals surface area contributed by atoms with Crippen molar-refractivity contribution in [2.24, 2.45) is 0 Å². The van der Waals surface area contributed by atoms with Crippen molar-refractivity contribution >= 4 is 46.1 Å². The zero-order chi connectivity index (χ0) is 23.0. The molecule has 32 heavy (non-hydrogen) atoms. The van der Waals surface area contributed by atoms with Crippen molar-refractivity contribution in [1.29, 1.82) is 0 Å². The molecule has 0 aliphatic heterocycles. The van der Waals surface area contributed by atoms with Gasteiger partial charge in [-0.3, -0.25) is 4.79 Å². The van der Waals surface area contributed by atoms with Crippen LogP contribution in [-0.2, 0) is 5.41 Å². The van der Waals surface area contributed by atoms with Crippen LogP contribution in [0.1, 0.15) is 42.3 Å². The van der Waals surface area contributed by atoms with Crippen molar-refractivity contribution in [2.75, 3.05) is 4.72 Å². The van der Waals surface area contributed by atoms with Gasteiger partial charge >= 0.3 is 0 Å². The van der Waals surface area contributed by atoms with E-state index in [1.807, 2.05) is 24.3 Å². The number of carbonyl (C=O) groups excluding carboxylic acids is 1. The second kappa shape index (κ2) is 8.56. The summed E-state index contributed by atoms with van der Waals surface area (Å²) in [4.78, 5) is 20.8. The van der Waals surface area contributed by atoms with E-state index in [2.05, 4.69) is 35.5 Å². The van der Waals surface area contributed by atoms with Gasteiger partial charge in [0.1, 0.15) is 11.5 Å². The molecule has 0 amide bonds. The Morgan fingerprint density at radius 2 is 1.84 bits per heavy atom. The molecule has 4 nitrogen and oxygen atoms in total. The molecule has 2 N–H and O–H groups in total. The van der Waals surface area contributed by atoms with Crippen LogP contribution in [0.15, 0.2) is 59.8 Å². The number of hydrogen-bond acceptors (Lipinski definition) is 4. The monoisotopic (exact) mass is 471 g/mol. The molecule has 0 bridgehead atoms. The second-order valence-corrected chi connectivity index (χ2v) is 9.66. The fourth-order valence-electron chi connectivity index (χ4n) is 3.28. The van der Waals surface area contributed by atoms with Crippen LogP contribution in [0, 0.1) is 11.6 Å². The van der Waals surface area contributed by atoms with Crippen LogP contribution in [0.4, 0.5) is 14.5 Å². The first-order chi connectivity index (χ1) is 15.1. The fourth-order valence-corrected chi connectivity index (χ4v) is 4.09. The van der Waals surface area contributed by atoms with Crippen LogP contribution in [0.5, 0.6) is 0 Å². The van der Waals surface area contributed by atoms with Crippen LogP contribution in [0.2, 0.25) is 5.02 Å². The molecule has 0 saturated heterocycles. The van der Waals surface area contributed by atoms with Gasteiger partial charge in [-0.1, -0.05) is 44.5 Å². The van der Waals surface area contributed by atoms with Gasteiger partial charge in [0.25, 0.3) is 0 Å². The Bertz CT molecular complexity index is 1310. The fraction of sp³-hybridized carbons (Fsp3) is 0.167. The third-order valence-electron chi connectivity index (χ3n) is 5.06. The summed E-state index contributed by atoms with van der Waals surface area (Å²) in [5.74, 6) is -2.70. The normalized spacial score (nSPS) is 11.7. The first kappa shape index (κ1) is 22.3. The zero-order valence-corrected chi connectivity index (χ0v) is 19.2. The number of H-pyrrole nitrogens is 1. The average Bonchev–Trinajstić information content (AvgIpc) is 3.16. The van der Waals surface area contributed by atoms with E-state index in [1.165, 1.54) is 42.0 Å². The van der Waals surface area contributed by atoms with Gasteiger partial charge in [0.05, 0.1) is 16.3 Å². The summed E-state index contributed by atoms with van der Waals surface area (Å²) in [6, 6.07) is 11.7. The van der Waals surface area contributed by atoms with Gasteiger partial charge in [0.15, 0.2) is 5.82 Å². The average molecular weight is 472 g/mol. The minimum absolute atomic E-state index is 0.00986. The number of carbonyl (C=O) groups is 1. The molecule has 0 aliphatic rings. The number of ketones is 1. The van der Waals surface area contributed by atoms with E-state index < -0.39 is 23.0 Å². The van der Waals surface area contributed by atoms with Crippen LogP contribution in [0.25, 0.3) is 11.0 Å². The lowest BCUT2D eigenvalue weighted by Crippen LogP contribution is -2.10. The van der Waals surface area contributed by atoms with Crippen LogP contribution in [-0.4, -0.2) is 15.8 Å². The Balaban J connectivity index is 1.61. The highest BCUT2D eigenvalue weighted by atomic mass is 35.5. The molecule has 164 valence electrons. The molecule has 0 unspecified atom stereocenters. The number of nitrogens with zero attached hydrogens (tertiary/aromatic N) is 1. The molecule has 0 spiro atoms. The SMILES string of the molecule is CC(C)(C)c1ccc(SNc2ccc(F)c(C(=O)c3c[nH]c4ncc(Cl)cc34)c2F)cc1. The minimum Gasteiger partial charge on any atom is -0.345 e.